The van der Waals surface area contributed by atoms with E-state index in [9.17, 15) is 9.59 Å². The van der Waals surface area contributed by atoms with Gasteiger partial charge in [-0.1, -0.05) is 0 Å². The van der Waals surface area contributed by atoms with Gasteiger partial charge in [-0.25, -0.2) is 0 Å². The van der Waals surface area contributed by atoms with Gasteiger partial charge in [0.1, 0.15) is 5.56 Å². The summed E-state index contributed by atoms with van der Waals surface area (Å²) in [6, 6.07) is 1.45. The highest BCUT2D eigenvalue weighted by atomic mass is 32.2. The maximum Gasteiger partial charge on any atom is 0.256 e. The molecule has 1 fully saturated rings. The molecule has 1 aromatic heterocycles. The summed E-state index contributed by atoms with van der Waals surface area (Å²) in [4.78, 5) is 26.4. The van der Waals surface area contributed by atoms with E-state index < -0.39 is 0 Å². The Labute approximate surface area is 111 Å². The number of carbonyl (C=O) groups is 1. The molecule has 1 saturated heterocycles. The minimum atomic E-state index is -0.269. The van der Waals surface area contributed by atoms with Crippen molar-refractivity contribution in [1.82, 2.24) is 10.3 Å². The van der Waals surface area contributed by atoms with Crippen LogP contribution in [0, 0.1) is 12.8 Å². The molecule has 0 aromatic carbocycles. The number of pyridine rings is 1. The van der Waals surface area contributed by atoms with Crippen LogP contribution in [0.2, 0.25) is 0 Å². The van der Waals surface area contributed by atoms with E-state index in [1.165, 1.54) is 23.8 Å². The van der Waals surface area contributed by atoms with Crippen LogP contribution in [-0.2, 0) is 0 Å². The third kappa shape index (κ3) is 3.38. The van der Waals surface area contributed by atoms with Gasteiger partial charge in [0.05, 0.1) is 0 Å². The summed E-state index contributed by atoms with van der Waals surface area (Å²) in [5.74, 6) is 2.63. The number of rotatable bonds is 3. The molecule has 2 N–H and O–H groups in total. The van der Waals surface area contributed by atoms with Gasteiger partial charge in [-0.05, 0) is 37.2 Å². The van der Waals surface area contributed by atoms with Gasteiger partial charge >= 0.3 is 0 Å². The van der Waals surface area contributed by atoms with Crippen LogP contribution in [0.1, 0.15) is 28.9 Å². The number of H-pyrrole nitrogens is 1. The monoisotopic (exact) mass is 266 g/mol. The molecule has 2 rings (SSSR count). The maximum atomic E-state index is 11.9. The second kappa shape index (κ2) is 6.09. The average Bonchev–Trinajstić information content (AvgIpc) is 2.37. The lowest BCUT2D eigenvalue weighted by molar-refractivity contribution is 0.0945. The lowest BCUT2D eigenvalue weighted by Crippen LogP contribution is -2.33. The molecule has 0 saturated carbocycles. The number of hydrogen-bond acceptors (Lipinski definition) is 3. The Morgan fingerprint density at radius 2 is 2.22 bits per heavy atom. The van der Waals surface area contributed by atoms with Gasteiger partial charge in [0.2, 0.25) is 0 Å². The number of aromatic nitrogens is 1. The van der Waals surface area contributed by atoms with Crippen LogP contribution in [0.25, 0.3) is 0 Å². The molecule has 1 amide bonds. The number of nitrogens with one attached hydrogen (secondary N) is 2. The first kappa shape index (κ1) is 13.2. The molecule has 0 aliphatic carbocycles. The quantitative estimate of drug-likeness (QED) is 0.872. The number of thioether (sulfide) groups is 1. The summed E-state index contributed by atoms with van der Waals surface area (Å²) < 4.78 is 0. The zero-order valence-corrected chi connectivity index (χ0v) is 11.3. The molecule has 0 atom stereocenters. The van der Waals surface area contributed by atoms with E-state index in [1.807, 2.05) is 11.8 Å². The van der Waals surface area contributed by atoms with E-state index >= 15 is 0 Å². The van der Waals surface area contributed by atoms with Crippen molar-refractivity contribution >= 4 is 17.7 Å². The van der Waals surface area contributed by atoms with Crippen molar-refractivity contribution in [3.05, 3.63) is 33.7 Å². The van der Waals surface area contributed by atoms with Crippen molar-refractivity contribution in [2.45, 2.75) is 19.8 Å². The number of hydrogen-bond donors (Lipinski definition) is 2. The summed E-state index contributed by atoms with van der Waals surface area (Å²) in [6.45, 7) is 2.47. The van der Waals surface area contributed by atoms with Crippen molar-refractivity contribution in [3.8, 4) is 0 Å². The van der Waals surface area contributed by atoms with Crippen molar-refractivity contribution in [2.75, 3.05) is 18.1 Å². The molecule has 2 heterocycles. The minimum Gasteiger partial charge on any atom is -0.364 e. The average molecular weight is 266 g/mol. The van der Waals surface area contributed by atoms with Gasteiger partial charge in [-0.2, -0.15) is 11.8 Å². The Kier molecular flexibility index (Phi) is 4.47. The predicted octanol–water partition coefficient (Wildman–Crippen LogP) is 1.56. The largest absolute Gasteiger partial charge is 0.364 e. The molecule has 0 bridgehead atoms. The molecule has 5 heteroatoms. The highest BCUT2D eigenvalue weighted by Gasteiger charge is 2.16. The van der Waals surface area contributed by atoms with Crippen molar-refractivity contribution < 1.29 is 4.79 Å². The van der Waals surface area contributed by atoms with Gasteiger partial charge < -0.3 is 10.3 Å². The smallest absolute Gasteiger partial charge is 0.256 e. The zero-order chi connectivity index (χ0) is 13.0. The highest BCUT2D eigenvalue weighted by Crippen LogP contribution is 2.21. The standard InChI is InChI=1S/C13H18N2O2S/c1-9-6-12(16)11(8-14-9)13(17)15-7-10-2-4-18-5-3-10/h6,8,10H,2-5,7H2,1H3,(H,14,16)(H,15,17). The summed E-state index contributed by atoms with van der Waals surface area (Å²) >= 11 is 1.97. The fraction of sp³-hybridized carbons (Fsp3) is 0.538. The number of aromatic amines is 1. The molecule has 0 unspecified atom stereocenters. The van der Waals surface area contributed by atoms with Crippen LogP contribution in [-0.4, -0.2) is 28.9 Å². The summed E-state index contributed by atoms with van der Waals surface area (Å²) in [7, 11) is 0. The van der Waals surface area contributed by atoms with Crippen LogP contribution in [0.4, 0.5) is 0 Å². The lowest BCUT2D eigenvalue weighted by atomic mass is 10.0. The molecule has 1 aliphatic heterocycles. The number of aryl methyl sites for hydroxylation is 1. The van der Waals surface area contributed by atoms with Crippen LogP contribution < -0.4 is 10.7 Å². The first-order chi connectivity index (χ1) is 8.66. The SMILES string of the molecule is Cc1cc(=O)c(C(=O)NCC2CCSCC2)c[nH]1. The molecule has 0 spiro atoms. The van der Waals surface area contributed by atoms with E-state index in [-0.39, 0.29) is 16.9 Å². The predicted molar refractivity (Wildman–Crippen MR) is 74.2 cm³/mol. The van der Waals surface area contributed by atoms with Crippen LogP contribution in [0.5, 0.6) is 0 Å². The molecule has 0 radical (unpaired) electrons. The molecule has 1 aliphatic rings. The fourth-order valence-corrected chi connectivity index (χ4v) is 3.24. The normalized spacial score (nSPS) is 16.5. The van der Waals surface area contributed by atoms with Crippen molar-refractivity contribution in [3.63, 3.8) is 0 Å². The fourth-order valence-electron chi connectivity index (χ4n) is 2.03. The second-order valence-electron chi connectivity index (χ2n) is 4.66. The lowest BCUT2D eigenvalue weighted by Gasteiger charge is -2.21. The van der Waals surface area contributed by atoms with E-state index in [0.29, 0.717) is 12.5 Å². The summed E-state index contributed by atoms with van der Waals surface area (Å²) in [5.41, 5.74) is 0.745. The first-order valence-corrected chi connectivity index (χ1v) is 7.37. The Hall–Kier alpha value is -1.23. The zero-order valence-electron chi connectivity index (χ0n) is 10.5. The van der Waals surface area contributed by atoms with Crippen LogP contribution in [0.3, 0.4) is 0 Å². The van der Waals surface area contributed by atoms with Gasteiger partial charge in [-0.3, -0.25) is 9.59 Å². The van der Waals surface area contributed by atoms with E-state index in [0.717, 1.165) is 18.5 Å². The Balaban J connectivity index is 1.93. The maximum absolute atomic E-state index is 11.9. The van der Waals surface area contributed by atoms with Crippen LogP contribution >= 0.6 is 11.8 Å². The van der Waals surface area contributed by atoms with E-state index in [4.69, 9.17) is 0 Å². The van der Waals surface area contributed by atoms with Crippen LogP contribution in [0.15, 0.2) is 17.1 Å². The second-order valence-corrected chi connectivity index (χ2v) is 5.88. The topological polar surface area (TPSA) is 62.0 Å². The molecule has 1 aromatic rings. The Bertz CT molecular complexity index is 478. The third-order valence-corrected chi connectivity index (χ3v) is 4.24. The number of carbonyl (C=O) groups excluding carboxylic acids is 1. The van der Waals surface area contributed by atoms with Gasteiger partial charge in [-0.15, -0.1) is 0 Å². The van der Waals surface area contributed by atoms with E-state index in [2.05, 4.69) is 10.3 Å². The van der Waals surface area contributed by atoms with Gasteiger partial charge in [0, 0.05) is 24.5 Å². The van der Waals surface area contributed by atoms with E-state index in [1.54, 1.807) is 6.92 Å². The van der Waals surface area contributed by atoms with Crippen molar-refractivity contribution in [2.24, 2.45) is 5.92 Å². The Morgan fingerprint density at radius 1 is 1.50 bits per heavy atom. The summed E-state index contributed by atoms with van der Waals surface area (Å²) in [6.07, 6.45) is 3.79. The highest BCUT2D eigenvalue weighted by molar-refractivity contribution is 7.99. The number of amides is 1. The molecule has 18 heavy (non-hydrogen) atoms. The van der Waals surface area contributed by atoms with Gasteiger partial charge in [0.15, 0.2) is 5.43 Å². The summed E-state index contributed by atoms with van der Waals surface area (Å²) in [5, 5.41) is 2.86. The van der Waals surface area contributed by atoms with Crippen molar-refractivity contribution in [1.29, 1.82) is 0 Å². The molecular weight excluding hydrogens is 248 g/mol. The molecular formula is C13H18N2O2S. The molecule has 4 nitrogen and oxygen atoms in total. The molecule has 98 valence electrons. The first-order valence-electron chi connectivity index (χ1n) is 6.22. The van der Waals surface area contributed by atoms with Gasteiger partial charge in [0.25, 0.3) is 5.91 Å². The third-order valence-electron chi connectivity index (χ3n) is 3.19. The Morgan fingerprint density at radius 3 is 2.89 bits per heavy atom. The minimum absolute atomic E-state index is 0.200.